The average molecular weight is 379 g/mol. The van der Waals surface area contributed by atoms with Crippen molar-refractivity contribution in [2.75, 3.05) is 32.7 Å². The quantitative estimate of drug-likeness (QED) is 0.656. The number of ketones is 1. The van der Waals surface area contributed by atoms with Gasteiger partial charge in [-0.2, -0.15) is 0 Å². The molecule has 1 fully saturated rings. The fourth-order valence-corrected chi connectivity index (χ4v) is 3.74. The molecule has 1 heterocycles. The maximum atomic E-state index is 12.5. The van der Waals surface area contributed by atoms with Crippen LogP contribution in [0.15, 0.2) is 60.7 Å². The average Bonchev–Trinajstić information content (AvgIpc) is 2.99. The Hall–Kier alpha value is -2.46. The molecule has 4 heteroatoms. The van der Waals surface area contributed by atoms with Crippen LogP contribution in [0, 0.1) is 0 Å². The molecule has 0 N–H and O–H groups in total. The topological polar surface area (TPSA) is 40.6 Å². The highest BCUT2D eigenvalue weighted by Gasteiger charge is 2.19. The number of carbonyl (C=O) groups is 2. The third-order valence-electron chi connectivity index (χ3n) is 5.39. The first-order valence-corrected chi connectivity index (χ1v) is 10.3. The fourth-order valence-electron chi connectivity index (χ4n) is 3.74. The van der Waals surface area contributed by atoms with E-state index in [1.807, 2.05) is 35.2 Å². The lowest BCUT2D eigenvalue weighted by atomic mass is 10.1. The van der Waals surface area contributed by atoms with Crippen LogP contribution in [0.2, 0.25) is 0 Å². The van der Waals surface area contributed by atoms with Crippen molar-refractivity contribution in [2.24, 2.45) is 0 Å². The van der Waals surface area contributed by atoms with Gasteiger partial charge in [0.1, 0.15) is 0 Å². The van der Waals surface area contributed by atoms with Crippen molar-refractivity contribution < 1.29 is 9.59 Å². The van der Waals surface area contributed by atoms with E-state index in [9.17, 15) is 9.59 Å². The fraction of sp³-hybridized carbons (Fsp3) is 0.417. The van der Waals surface area contributed by atoms with Gasteiger partial charge in [0.05, 0.1) is 0 Å². The molecule has 2 aromatic carbocycles. The molecule has 0 unspecified atom stereocenters. The van der Waals surface area contributed by atoms with Crippen LogP contribution >= 0.6 is 0 Å². The largest absolute Gasteiger partial charge is 0.341 e. The zero-order valence-corrected chi connectivity index (χ0v) is 16.6. The summed E-state index contributed by atoms with van der Waals surface area (Å²) in [5.74, 6) is 0.154. The number of rotatable bonds is 8. The Morgan fingerprint density at radius 3 is 2.25 bits per heavy atom. The summed E-state index contributed by atoms with van der Waals surface area (Å²) in [4.78, 5) is 29.2. The SMILES string of the molecule is O=C(CCC(=O)N1CCCN(CCCc2ccccc2)CC1)c1ccccc1. The molecule has 0 bridgehead atoms. The van der Waals surface area contributed by atoms with Crippen LogP contribution in [0.5, 0.6) is 0 Å². The Morgan fingerprint density at radius 1 is 0.786 bits per heavy atom. The van der Waals surface area contributed by atoms with E-state index >= 15 is 0 Å². The normalized spacial score (nSPS) is 15.2. The number of aryl methyl sites for hydroxylation is 1. The van der Waals surface area contributed by atoms with Gasteiger partial charge in [-0.1, -0.05) is 60.7 Å². The van der Waals surface area contributed by atoms with Gasteiger partial charge in [-0.15, -0.1) is 0 Å². The maximum absolute atomic E-state index is 12.5. The molecule has 4 nitrogen and oxygen atoms in total. The first-order valence-electron chi connectivity index (χ1n) is 10.3. The molecule has 2 aromatic rings. The van der Waals surface area contributed by atoms with Crippen molar-refractivity contribution in [1.82, 2.24) is 9.80 Å². The van der Waals surface area contributed by atoms with Crippen LogP contribution in [-0.4, -0.2) is 54.2 Å². The lowest BCUT2D eigenvalue weighted by Crippen LogP contribution is -2.35. The highest BCUT2D eigenvalue weighted by Crippen LogP contribution is 2.11. The van der Waals surface area contributed by atoms with Crippen LogP contribution in [0.3, 0.4) is 0 Å². The van der Waals surface area contributed by atoms with Gasteiger partial charge in [0, 0.05) is 38.0 Å². The van der Waals surface area contributed by atoms with E-state index in [1.165, 1.54) is 5.56 Å². The van der Waals surface area contributed by atoms with E-state index in [4.69, 9.17) is 0 Å². The van der Waals surface area contributed by atoms with Crippen molar-refractivity contribution in [3.63, 3.8) is 0 Å². The highest BCUT2D eigenvalue weighted by atomic mass is 16.2. The Bertz CT molecular complexity index is 746. The molecule has 28 heavy (non-hydrogen) atoms. The van der Waals surface area contributed by atoms with E-state index in [0.29, 0.717) is 18.4 Å². The van der Waals surface area contributed by atoms with Crippen LogP contribution in [0.1, 0.15) is 41.6 Å². The lowest BCUT2D eigenvalue weighted by molar-refractivity contribution is -0.131. The van der Waals surface area contributed by atoms with Crippen LogP contribution in [-0.2, 0) is 11.2 Å². The monoisotopic (exact) mass is 378 g/mol. The predicted octanol–water partition coefficient (Wildman–Crippen LogP) is 3.82. The van der Waals surface area contributed by atoms with Gasteiger partial charge in [0.15, 0.2) is 5.78 Å². The first-order chi connectivity index (χ1) is 13.7. The van der Waals surface area contributed by atoms with Crippen LogP contribution < -0.4 is 0 Å². The van der Waals surface area contributed by atoms with Crippen LogP contribution in [0.25, 0.3) is 0 Å². The zero-order chi connectivity index (χ0) is 19.6. The summed E-state index contributed by atoms with van der Waals surface area (Å²) in [6, 6.07) is 19.8. The zero-order valence-electron chi connectivity index (χ0n) is 16.6. The van der Waals surface area contributed by atoms with Crippen molar-refractivity contribution in [1.29, 1.82) is 0 Å². The Kier molecular flexibility index (Phi) is 7.80. The summed E-state index contributed by atoms with van der Waals surface area (Å²) in [5.41, 5.74) is 2.08. The Balaban J connectivity index is 1.38. The second kappa shape index (κ2) is 10.8. The Morgan fingerprint density at radius 2 is 1.50 bits per heavy atom. The van der Waals surface area contributed by atoms with Crippen LogP contribution in [0.4, 0.5) is 0 Å². The molecule has 1 aliphatic heterocycles. The number of amides is 1. The van der Waals surface area contributed by atoms with Crippen molar-refractivity contribution in [3.8, 4) is 0 Å². The molecule has 1 saturated heterocycles. The molecule has 3 rings (SSSR count). The minimum absolute atomic E-state index is 0.0475. The molecule has 0 atom stereocenters. The molecule has 0 radical (unpaired) electrons. The minimum atomic E-state index is 0.0475. The minimum Gasteiger partial charge on any atom is -0.341 e. The van der Waals surface area contributed by atoms with Gasteiger partial charge in [-0.05, 0) is 37.9 Å². The second-order valence-electron chi connectivity index (χ2n) is 7.45. The standard InChI is InChI=1S/C24H30N2O2/c27-23(22-12-5-2-6-13-22)14-15-24(28)26-18-8-17-25(19-20-26)16-7-11-21-9-3-1-4-10-21/h1-6,9-10,12-13H,7-8,11,14-20H2. The molecule has 0 aromatic heterocycles. The summed E-state index contributed by atoms with van der Waals surface area (Å²) >= 11 is 0. The van der Waals surface area contributed by atoms with Gasteiger partial charge in [0.2, 0.25) is 5.91 Å². The van der Waals surface area contributed by atoms with E-state index in [1.54, 1.807) is 0 Å². The molecule has 1 aliphatic rings. The highest BCUT2D eigenvalue weighted by molar-refractivity contribution is 5.97. The smallest absolute Gasteiger partial charge is 0.223 e. The van der Waals surface area contributed by atoms with E-state index in [-0.39, 0.29) is 11.7 Å². The molecule has 0 spiro atoms. The number of benzene rings is 2. The van der Waals surface area contributed by atoms with Crippen molar-refractivity contribution in [2.45, 2.75) is 32.1 Å². The summed E-state index contributed by atoms with van der Waals surface area (Å²) in [6.45, 7) is 4.61. The van der Waals surface area contributed by atoms with Crippen molar-refractivity contribution >= 4 is 11.7 Å². The number of hydrogen-bond acceptors (Lipinski definition) is 3. The summed E-state index contributed by atoms with van der Waals surface area (Å²) in [5, 5.41) is 0. The molecule has 148 valence electrons. The summed E-state index contributed by atoms with van der Waals surface area (Å²) < 4.78 is 0. The van der Waals surface area contributed by atoms with Gasteiger partial charge >= 0.3 is 0 Å². The summed E-state index contributed by atoms with van der Waals surface area (Å²) in [6.07, 6.45) is 3.84. The number of hydrogen-bond donors (Lipinski definition) is 0. The summed E-state index contributed by atoms with van der Waals surface area (Å²) in [7, 11) is 0. The third kappa shape index (κ3) is 6.31. The molecule has 0 aliphatic carbocycles. The van der Waals surface area contributed by atoms with E-state index in [0.717, 1.165) is 52.0 Å². The van der Waals surface area contributed by atoms with E-state index < -0.39 is 0 Å². The lowest BCUT2D eigenvalue weighted by Gasteiger charge is -2.22. The number of Topliss-reactive ketones (excluding diaryl/α,β-unsaturated/α-hetero) is 1. The molecule has 0 saturated carbocycles. The maximum Gasteiger partial charge on any atom is 0.223 e. The number of nitrogens with zero attached hydrogens (tertiary/aromatic N) is 2. The van der Waals surface area contributed by atoms with Gasteiger partial charge in [-0.25, -0.2) is 0 Å². The Labute approximate surface area is 168 Å². The molecule has 1 amide bonds. The second-order valence-corrected chi connectivity index (χ2v) is 7.45. The predicted molar refractivity (Wildman–Crippen MR) is 112 cm³/mol. The molecular formula is C24H30N2O2. The van der Waals surface area contributed by atoms with Gasteiger partial charge in [-0.3, -0.25) is 9.59 Å². The van der Waals surface area contributed by atoms with E-state index in [2.05, 4.69) is 35.2 Å². The first kappa shape index (κ1) is 20.3. The van der Waals surface area contributed by atoms with Gasteiger partial charge < -0.3 is 9.80 Å². The number of carbonyl (C=O) groups excluding carboxylic acids is 2. The van der Waals surface area contributed by atoms with Gasteiger partial charge in [0.25, 0.3) is 0 Å². The third-order valence-corrected chi connectivity index (χ3v) is 5.39. The van der Waals surface area contributed by atoms with Crippen molar-refractivity contribution in [3.05, 3.63) is 71.8 Å². The molecular weight excluding hydrogens is 348 g/mol.